The molecule has 0 bridgehead atoms. The molecule has 2 amide bonds. The van der Waals surface area contributed by atoms with Gasteiger partial charge in [0, 0.05) is 23.5 Å². The van der Waals surface area contributed by atoms with Gasteiger partial charge in [-0.2, -0.15) is 13.2 Å². The minimum Gasteiger partial charge on any atom is -0.493 e. The van der Waals surface area contributed by atoms with Crippen LogP contribution in [0.25, 0.3) is 0 Å². The molecule has 2 aromatic carbocycles. The third kappa shape index (κ3) is 7.74. The number of halogens is 3. The van der Waals surface area contributed by atoms with Gasteiger partial charge < -0.3 is 19.3 Å². The molecule has 0 N–H and O–H groups in total. The van der Waals surface area contributed by atoms with Crippen molar-refractivity contribution in [2.24, 2.45) is 0 Å². The Bertz CT molecular complexity index is 1200. The van der Waals surface area contributed by atoms with Crippen LogP contribution in [-0.4, -0.2) is 55.5 Å². The number of ether oxygens (including phenoxy) is 2. The number of hydrogen-bond donors (Lipinski definition) is 0. The van der Waals surface area contributed by atoms with Crippen molar-refractivity contribution >= 4 is 23.2 Å². The second-order valence-electron chi connectivity index (χ2n) is 8.64. The highest BCUT2D eigenvalue weighted by atomic mass is 32.1. The van der Waals surface area contributed by atoms with Crippen LogP contribution in [0.2, 0.25) is 0 Å². The van der Waals surface area contributed by atoms with Gasteiger partial charge in [0.2, 0.25) is 5.91 Å². The van der Waals surface area contributed by atoms with Crippen LogP contribution >= 0.6 is 11.3 Å². The van der Waals surface area contributed by atoms with E-state index in [0.29, 0.717) is 44.0 Å². The Labute approximate surface area is 224 Å². The molecule has 6 nitrogen and oxygen atoms in total. The van der Waals surface area contributed by atoms with E-state index >= 15 is 0 Å². The molecule has 0 radical (unpaired) electrons. The summed E-state index contributed by atoms with van der Waals surface area (Å²) in [5.74, 6) is 0.481. The topological polar surface area (TPSA) is 59.1 Å². The SMILES string of the molecule is CCCN(CC(=O)N(CCc1ccc(OC)c(OC)c1)Cc1cccs1)C(=O)c1ccc(C(F)(F)F)cc1. The molecule has 0 saturated carbocycles. The van der Waals surface area contributed by atoms with E-state index in [4.69, 9.17) is 9.47 Å². The van der Waals surface area contributed by atoms with Crippen molar-refractivity contribution in [3.63, 3.8) is 0 Å². The molecular weight excluding hydrogens is 517 g/mol. The number of rotatable bonds is 12. The van der Waals surface area contributed by atoms with E-state index in [1.54, 1.807) is 19.1 Å². The van der Waals surface area contributed by atoms with Crippen LogP contribution in [0.1, 0.15) is 39.7 Å². The lowest BCUT2D eigenvalue weighted by Gasteiger charge is -2.27. The first-order chi connectivity index (χ1) is 18.2. The van der Waals surface area contributed by atoms with Crippen LogP contribution in [0, 0.1) is 0 Å². The summed E-state index contributed by atoms with van der Waals surface area (Å²) in [6.07, 6.45) is -3.34. The molecule has 0 saturated heterocycles. The normalized spacial score (nSPS) is 11.2. The number of thiophene rings is 1. The first-order valence-electron chi connectivity index (χ1n) is 12.1. The molecule has 0 spiro atoms. The first kappa shape index (κ1) is 29.0. The summed E-state index contributed by atoms with van der Waals surface area (Å²) in [6.45, 7) is 2.79. The molecule has 0 atom stereocenters. The molecule has 1 aromatic heterocycles. The summed E-state index contributed by atoms with van der Waals surface area (Å²) >= 11 is 1.53. The van der Waals surface area contributed by atoms with Gasteiger partial charge in [-0.3, -0.25) is 9.59 Å². The van der Waals surface area contributed by atoms with Crippen LogP contribution in [0.3, 0.4) is 0 Å². The van der Waals surface area contributed by atoms with E-state index in [0.717, 1.165) is 34.7 Å². The Hall–Kier alpha value is -3.53. The number of carbonyl (C=O) groups excluding carboxylic acids is 2. The van der Waals surface area contributed by atoms with Crippen molar-refractivity contribution in [1.82, 2.24) is 9.80 Å². The molecule has 0 aliphatic rings. The Morgan fingerprint density at radius 3 is 2.21 bits per heavy atom. The molecule has 1 heterocycles. The standard InChI is InChI=1S/C28H31F3N2O4S/c1-4-14-33(27(35)21-8-10-22(11-9-21)28(29,30)31)19-26(34)32(18-23-6-5-16-38-23)15-13-20-7-12-24(36-2)25(17-20)37-3/h5-12,16-17H,4,13-15,18-19H2,1-3H3. The minimum atomic E-state index is -4.49. The summed E-state index contributed by atoms with van der Waals surface area (Å²) in [4.78, 5) is 30.7. The van der Waals surface area contributed by atoms with Crippen LogP contribution in [0.4, 0.5) is 13.2 Å². The summed E-state index contributed by atoms with van der Waals surface area (Å²) in [5, 5.41) is 1.93. The Balaban J connectivity index is 1.76. The van der Waals surface area contributed by atoms with Crippen LogP contribution in [0.5, 0.6) is 11.5 Å². The lowest BCUT2D eigenvalue weighted by molar-refractivity contribution is -0.137. The maximum Gasteiger partial charge on any atom is 0.416 e. The second kappa shape index (κ2) is 13.3. The third-order valence-corrected chi connectivity index (χ3v) is 6.83. The number of hydrogen-bond acceptors (Lipinski definition) is 5. The van der Waals surface area contributed by atoms with Crippen molar-refractivity contribution in [1.29, 1.82) is 0 Å². The number of carbonyl (C=O) groups is 2. The quantitative estimate of drug-likeness (QED) is 0.283. The van der Waals surface area contributed by atoms with E-state index in [1.165, 1.54) is 16.2 Å². The van der Waals surface area contributed by atoms with Crippen LogP contribution < -0.4 is 9.47 Å². The van der Waals surface area contributed by atoms with Gasteiger partial charge in [0.15, 0.2) is 11.5 Å². The monoisotopic (exact) mass is 548 g/mol. The number of nitrogens with zero attached hydrogens (tertiary/aromatic N) is 2. The summed E-state index contributed by atoms with van der Waals surface area (Å²) in [7, 11) is 3.12. The highest BCUT2D eigenvalue weighted by Crippen LogP contribution is 2.30. The van der Waals surface area contributed by atoms with Gasteiger partial charge in [-0.05, 0) is 66.2 Å². The number of methoxy groups -OCH3 is 2. The van der Waals surface area contributed by atoms with Crippen molar-refractivity contribution in [2.75, 3.05) is 33.9 Å². The van der Waals surface area contributed by atoms with Gasteiger partial charge in [0.05, 0.1) is 26.3 Å². The molecule has 10 heteroatoms. The van der Waals surface area contributed by atoms with Gasteiger partial charge in [0.1, 0.15) is 6.54 Å². The number of amides is 2. The van der Waals surface area contributed by atoms with E-state index in [1.807, 2.05) is 42.6 Å². The zero-order valence-corrected chi connectivity index (χ0v) is 22.4. The molecule has 3 aromatic rings. The van der Waals surface area contributed by atoms with E-state index < -0.39 is 17.6 Å². The lowest BCUT2D eigenvalue weighted by atomic mass is 10.1. The van der Waals surface area contributed by atoms with Gasteiger partial charge in [-0.25, -0.2) is 0 Å². The van der Waals surface area contributed by atoms with E-state index in [-0.39, 0.29) is 18.0 Å². The summed E-state index contributed by atoms with van der Waals surface area (Å²) in [5.41, 5.74) is 0.233. The molecule has 204 valence electrons. The molecular formula is C28H31F3N2O4S. The van der Waals surface area contributed by atoms with Crippen molar-refractivity contribution in [3.05, 3.63) is 81.5 Å². The van der Waals surface area contributed by atoms with Gasteiger partial charge in [-0.1, -0.05) is 19.1 Å². The van der Waals surface area contributed by atoms with Gasteiger partial charge >= 0.3 is 6.18 Å². The van der Waals surface area contributed by atoms with E-state index in [2.05, 4.69) is 0 Å². The van der Waals surface area contributed by atoms with Crippen molar-refractivity contribution in [2.45, 2.75) is 32.5 Å². The van der Waals surface area contributed by atoms with Crippen molar-refractivity contribution in [3.8, 4) is 11.5 Å². The molecule has 0 unspecified atom stereocenters. The highest BCUT2D eigenvalue weighted by Gasteiger charge is 2.30. The summed E-state index contributed by atoms with van der Waals surface area (Å²) in [6, 6.07) is 13.5. The molecule has 0 fully saturated rings. The Morgan fingerprint density at radius 2 is 1.63 bits per heavy atom. The van der Waals surface area contributed by atoms with Crippen LogP contribution in [0.15, 0.2) is 60.0 Å². The smallest absolute Gasteiger partial charge is 0.416 e. The molecule has 3 rings (SSSR count). The largest absolute Gasteiger partial charge is 0.493 e. The predicted molar refractivity (Wildman–Crippen MR) is 141 cm³/mol. The molecule has 0 aliphatic heterocycles. The maximum atomic E-state index is 13.5. The Morgan fingerprint density at radius 1 is 0.921 bits per heavy atom. The predicted octanol–water partition coefficient (Wildman–Crippen LogP) is 5.91. The van der Waals surface area contributed by atoms with Crippen molar-refractivity contribution < 1.29 is 32.2 Å². The first-order valence-corrected chi connectivity index (χ1v) is 13.0. The average molecular weight is 549 g/mol. The maximum absolute atomic E-state index is 13.5. The fraction of sp³-hybridized carbons (Fsp3) is 0.357. The molecule has 0 aliphatic carbocycles. The minimum absolute atomic E-state index is 0.106. The van der Waals surface area contributed by atoms with Gasteiger partial charge in [0.25, 0.3) is 5.91 Å². The lowest BCUT2D eigenvalue weighted by Crippen LogP contribution is -2.43. The fourth-order valence-electron chi connectivity index (χ4n) is 3.95. The highest BCUT2D eigenvalue weighted by molar-refractivity contribution is 7.09. The van der Waals surface area contributed by atoms with Gasteiger partial charge in [-0.15, -0.1) is 11.3 Å². The summed E-state index contributed by atoms with van der Waals surface area (Å²) < 4.78 is 49.5. The van der Waals surface area contributed by atoms with E-state index in [9.17, 15) is 22.8 Å². The second-order valence-corrected chi connectivity index (χ2v) is 9.67. The number of alkyl halides is 3. The average Bonchev–Trinajstić information content (AvgIpc) is 3.43. The zero-order chi connectivity index (χ0) is 27.7. The number of benzene rings is 2. The fourth-order valence-corrected chi connectivity index (χ4v) is 4.67. The molecule has 38 heavy (non-hydrogen) atoms. The Kier molecular flexibility index (Phi) is 10.2. The zero-order valence-electron chi connectivity index (χ0n) is 21.6. The van der Waals surface area contributed by atoms with Crippen LogP contribution in [-0.2, 0) is 23.9 Å². The third-order valence-electron chi connectivity index (χ3n) is 5.96.